The molecule has 0 saturated heterocycles. The molecule has 8 heteroatoms. The van der Waals surface area contributed by atoms with Crippen molar-refractivity contribution in [3.63, 3.8) is 0 Å². The predicted molar refractivity (Wildman–Crippen MR) is 116 cm³/mol. The van der Waals surface area contributed by atoms with E-state index in [0.29, 0.717) is 25.3 Å². The lowest BCUT2D eigenvalue weighted by molar-refractivity contribution is -0.117. The first-order valence-electron chi connectivity index (χ1n) is 9.60. The Morgan fingerprint density at radius 1 is 1.07 bits per heavy atom. The van der Waals surface area contributed by atoms with Crippen molar-refractivity contribution in [1.82, 2.24) is 9.21 Å². The Balaban J connectivity index is 2.02. The number of hydrogen-bond donors (Lipinski definition) is 1. The van der Waals surface area contributed by atoms with Gasteiger partial charge in [0.1, 0.15) is 5.82 Å². The number of benzene rings is 2. The first kappa shape index (κ1) is 23.5. The summed E-state index contributed by atoms with van der Waals surface area (Å²) < 4.78 is 39.5. The number of halogens is 1. The zero-order valence-corrected chi connectivity index (χ0v) is 18.0. The molecular formula is C22H26FN3O3S. The van der Waals surface area contributed by atoms with Crippen LogP contribution in [0.25, 0.3) is 0 Å². The van der Waals surface area contributed by atoms with Gasteiger partial charge in [-0.2, -0.15) is 4.31 Å². The summed E-state index contributed by atoms with van der Waals surface area (Å²) in [6, 6.07) is 12.1. The number of nitrogens with one attached hydrogen (secondary N) is 1. The third-order valence-electron chi connectivity index (χ3n) is 4.48. The van der Waals surface area contributed by atoms with Crippen LogP contribution in [0.4, 0.5) is 10.1 Å². The SMILES string of the molecule is C#CCN(CC(=O)Nc1ccc(S(=O)(=O)N(CC)CC)cc1)Cc1ccc(F)cc1. The Hall–Kier alpha value is -2.73. The molecule has 0 aromatic heterocycles. The number of carbonyl (C=O) groups is 1. The smallest absolute Gasteiger partial charge is 0.243 e. The van der Waals surface area contributed by atoms with Gasteiger partial charge in [-0.05, 0) is 42.0 Å². The number of terminal acetylenes is 1. The lowest BCUT2D eigenvalue weighted by Gasteiger charge is -2.20. The van der Waals surface area contributed by atoms with E-state index in [1.807, 2.05) is 0 Å². The highest BCUT2D eigenvalue weighted by molar-refractivity contribution is 7.89. The second kappa shape index (κ2) is 10.9. The van der Waals surface area contributed by atoms with Crippen LogP contribution in [0, 0.1) is 18.2 Å². The van der Waals surface area contributed by atoms with Gasteiger partial charge < -0.3 is 5.32 Å². The number of carbonyl (C=O) groups excluding carboxylic acids is 1. The molecule has 160 valence electrons. The first-order valence-corrected chi connectivity index (χ1v) is 11.0. The van der Waals surface area contributed by atoms with E-state index < -0.39 is 10.0 Å². The molecule has 2 aromatic carbocycles. The molecular weight excluding hydrogens is 405 g/mol. The molecule has 0 spiro atoms. The van der Waals surface area contributed by atoms with Gasteiger partial charge in [-0.15, -0.1) is 6.42 Å². The second-order valence-electron chi connectivity index (χ2n) is 6.64. The van der Waals surface area contributed by atoms with Crippen molar-refractivity contribution in [3.8, 4) is 12.3 Å². The zero-order chi connectivity index (χ0) is 22.1. The molecule has 2 rings (SSSR count). The molecule has 6 nitrogen and oxygen atoms in total. The zero-order valence-electron chi connectivity index (χ0n) is 17.1. The van der Waals surface area contributed by atoms with E-state index in [1.54, 1.807) is 43.0 Å². The minimum absolute atomic E-state index is 0.0427. The maximum absolute atomic E-state index is 13.1. The van der Waals surface area contributed by atoms with Crippen molar-refractivity contribution in [2.45, 2.75) is 25.3 Å². The van der Waals surface area contributed by atoms with Gasteiger partial charge >= 0.3 is 0 Å². The molecule has 0 radical (unpaired) electrons. The summed E-state index contributed by atoms with van der Waals surface area (Å²) in [5.74, 6) is 1.90. The summed E-state index contributed by atoms with van der Waals surface area (Å²) in [5, 5.41) is 2.74. The average molecular weight is 432 g/mol. The van der Waals surface area contributed by atoms with Crippen LogP contribution in [0.15, 0.2) is 53.4 Å². The maximum Gasteiger partial charge on any atom is 0.243 e. The molecule has 0 unspecified atom stereocenters. The molecule has 0 bridgehead atoms. The summed E-state index contributed by atoms with van der Waals surface area (Å²) in [7, 11) is -3.55. The Bertz CT molecular complexity index is 980. The van der Waals surface area contributed by atoms with E-state index in [0.717, 1.165) is 5.56 Å². The second-order valence-corrected chi connectivity index (χ2v) is 8.58. The summed E-state index contributed by atoms with van der Waals surface area (Å²) in [6.45, 7) is 5.03. The molecule has 0 aliphatic carbocycles. The molecule has 0 saturated carbocycles. The van der Waals surface area contributed by atoms with E-state index in [1.165, 1.54) is 28.6 Å². The van der Waals surface area contributed by atoms with Crippen molar-refractivity contribution in [3.05, 3.63) is 59.9 Å². The van der Waals surface area contributed by atoms with E-state index in [4.69, 9.17) is 6.42 Å². The van der Waals surface area contributed by atoms with E-state index in [9.17, 15) is 17.6 Å². The van der Waals surface area contributed by atoms with Crippen molar-refractivity contribution in [2.75, 3.05) is 31.5 Å². The molecule has 0 heterocycles. The number of rotatable bonds is 10. The van der Waals surface area contributed by atoms with E-state index in [2.05, 4.69) is 11.2 Å². The molecule has 0 fully saturated rings. The third kappa shape index (κ3) is 6.39. The third-order valence-corrected chi connectivity index (χ3v) is 6.55. The fourth-order valence-corrected chi connectivity index (χ4v) is 4.43. The van der Waals surface area contributed by atoms with Gasteiger partial charge in [0.25, 0.3) is 0 Å². The van der Waals surface area contributed by atoms with Crippen LogP contribution in [0.3, 0.4) is 0 Å². The Labute approximate surface area is 177 Å². The van der Waals surface area contributed by atoms with Crippen molar-refractivity contribution in [2.24, 2.45) is 0 Å². The standard InChI is InChI=1S/C22H26FN3O3S/c1-4-15-25(16-18-7-9-19(23)10-8-18)17-22(27)24-20-11-13-21(14-12-20)30(28,29)26(5-2)6-3/h1,7-14H,5-6,15-17H2,2-3H3,(H,24,27). The predicted octanol–water partition coefficient (Wildman–Crippen LogP) is 2.93. The minimum atomic E-state index is -3.55. The van der Waals surface area contributed by atoms with Crippen LogP contribution >= 0.6 is 0 Å². The number of sulfonamides is 1. The topological polar surface area (TPSA) is 69.7 Å². The van der Waals surface area contributed by atoms with E-state index >= 15 is 0 Å². The maximum atomic E-state index is 13.1. The molecule has 1 N–H and O–H groups in total. The van der Waals surface area contributed by atoms with Gasteiger partial charge in [0, 0.05) is 25.3 Å². The van der Waals surface area contributed by atoms with Gasteiger partial charge in [-0.25, -0.2) is 12.8 Å². The van der Waals surface area contributed by atoms with Crippen LogP contribution in [0.2, 0.25) is 0 Å². The summed E-state index contributed by atoms with van der Waals surface area (Å²) in [6.07, 6.45) is 5.40. The molecule has 30 heavy (non-hydrogen) atoms. The molecule has 0 aliphatic rings. The van der Waals surface area contributed by atoms with Crippen molar-refractivity contribution >= 4 is 21.6 Å². The van der Waals surface area contributed by atoms with Crippen molar-refractivity contribution < 1.29 is 17.6 Å². The van der Waals surface area contributed by atoms with Crippen LogP contribution in [0.1, 0.15) is 19.4 Å². The largest absolute Gasteiger partial charge is 0.325 e. The van der Waals surface area contributed by atoms with Crippen LogP contribution in [-0.2, 0) is 21.4 Å². The minimum Gasteiger partial charge on any atom is -0.325 e. The highest BCUT2D eigenvalue weighted by Crippen LogP contribution is 2.18. The van der Waals surface area contributed by atoms with Crippen LogP contribution < -0.4 is 5.32 Å². The normalized spacial score (nSPS) is 11.5. The molecule has 2 aromatic rings. The quantitative estimate of drug-likeness (QED) is 0.588. The molecule has 1 amide bonds. The van der Waals surface area contributed by atoms with E-state index in [-0.39, 0.29) is 29.7 Å². The Morgan fingerprint density at radius 3 is 2.20 bits per heavy atom. The lowest BCUT2D eigenvalue weighted by atomic mass is 10.2. The highest BCUT2D eigenvalue weighted by atomic mass is 32.2. The average Bonchev–Trinajstić information content (AvgIpc) is 2.71. The summed E-state index contributed by atoms with van der Waals surface area (Å²) in [5.41, 5.74) is 1.33. The number of hydrogen-bond acceptors (Lipinski definition) is 4. The van der Waals surface area contributed by atoms with Gasteiger partial charge in [-0.3, -0.25) is 9.69 Å². The van der Waals surface area contributed by atoms with Crippen LogP contribution in [0.5, 0.6) is 0 Å². The van der Waals surface area contributed by atoms with Crippen LogP contribution in [-0.4, -0.2) is 49.7 Å². The fraction of sp³-hybridized carbons (Fsp3) is 0.318. The van der Waals surface area contributed by atoms with Gasteiger partial charge in [0.15, 0.2) is 0 Å². The first-order chi connectivity index (χ1) is 14.3. The number of amides is 1. The fourth-order valence-electron chi connectivity index (χ4n) is 2.97. The summed E-state index contributed by atoms with van der Waals surface area (Å²) >= 11 is 0. The number of anilines is 1. The van der Waals surface area contributed by atoms with Crippen molar-refractivity contribution in [1.29, 1.82) is 0 Å². The van der Waals surface area contributed by atoms with Gasteiger partial charge in [-0.1, -0.05) is 31.9 Å². The summed E-state index contributed by atoms with van der Waals surface area (Å²) in [4.78, 5) is 14.3. The number of nitrogens with zero attached hydrogens (tertiary/aromatic N) is 2. The lowest BCUT2D eigenvalue weighted by Crippen LogP contribution is -2.33. The highest BCUT2D eigenvalue weighted by Gasteiger charge is 2.21. The Kier molecular flexibility index (Phi) is 8.54. The van der Waals surface area contributed by atoms with Gasteiger partial charge in [0.2, 0.25) is 15.9 Å². The molecule has 0 aliphatic heterocycles. The van der Waals surface area contributed by atoms with Gasteiger partial charge in [0.05, 0.1) is 18.0 Å². The Morgan fingerprint density at radius 2 is 1.67 bits per heavy atom. The monoisotopic (exact) mass is 431 g/mol. The molecule has 0 atom stereocenters.